The lowest BCUT2D eigenvalue weighted by Gasteiger charge is -2.27. The molecule has 0 aromatic heterocycles. The van der Waals surface area contributed by atoms with Crippen LogP contribution in [-0.4, -0.2) is 22.9 Å². The van der Waals surface area contributed by atoms with E-state index in [0.717, 1.165) is 18.4 Å². The molecule has 0 heterocycles. The molecular weight excluding hydrogens is 308 g/mol. The third-order valence-electron chi connectivity index (χ3n) is 4.61. The second-order valence-corrected chi connectivity index (χ2v) is 6.20. The van der Waals surface area contributed by atoms with Crippen molar-refractivity contribution in [1.29, 1.82) is 0 Å². The van der Waals surface area contributed by atoms with E-state index in [2.05, 4.69) is 10.6 Å². The van der Waals surface area contributed by atoms with Gasteiger partial charge in [0.15, 0.2) is 0 Å². The minimum absolute atomic E-state index is 0.0974. The van der Waals surface area contributed by atoms with Gasteiger partial charge in [-0.2, -0.15) is 0 Å². The van der Waals surface area contributed by atoms with E-state index in [9.17, 15) is 19.5 Å². The third-order valence-corrected chi connectivity index (χ3v) is 4.61. The van der Waals surface area contributed by atoms with Crippen molar-refractivity contribution in [2.24, 2.45) is 11.8 Å². The maximum atomic E-state index is 12.6. The molecule has 3 N–H and O–H groups in total. The van der Waals surface area contributed by atoms with E-state index in [4.69, 9.17) is 0 Å². The number of aliphatic carboxylic acids is 1. The Labute approximate surface area is 141 Å². The maximum Gasteiger partial charge on any atom is 0.307 e. The van der Waals surface area contributed by atoms with Gasteiger partial charge in [0.1, 0.15) is 0 Å². The van der Waals surface area contributed by atoms with E-state index >= 15 is 0 Å². The first-order chi connectivity index (χ1) is 11.4. The summed E-state index contributed by atoms with van der Waals surface area (Å²) in [5.74, 6) is -2.40. The fourth-order valence-corrected chi connectivity index (χ4v) is 3.11. The van der Waals surface area contributed by atoms with Crippen LogP contribution < -0.4 is 10.6 Å². The molecule has 0 radical (unpaired) electrons. The molecule has 24 heavy (non-hydrogen) atoms. The molecule has 0 unspecified atom stereocenters. The first kappa shape index (κ1) is 18.0. The zero-order chi connectivity index (χ0) is 17.7. The Morgan fingerprint density at radius 3 is 2.25 bits per heavy atom. The van der Waals surface area contributed by atoms with Crippen molar-refractivity contribution in [1.82, 2.24) is 0 Å². The van der Waals surface area contributed by atoms with Gasteiger partial charge in [0.25, 0.3) is 0 Å². The van der Waals surface area contributed by atoms with Gasteiger partial charge in [-0.05, 0) is 37.5 Å². The Kier molecular flexibility index (Phi) is 5.95. The third kappa shape index (κ3) is 4.13. The Hall–Kier alpha value is -2.37. The SMILES string of the molecule is CCC(=O)Nc1cccc(NC(=O)[C@@H]2CCCC[C@@H]2C(=O)O)c1C. The number of carboxylic acids is 1. The number of anilines is 2. The molecule has 1 aliphatic rings. The number of hydrogen-bond acceptors (Lipinski definition) is 3. The molecule has 1 saturated carbocycles. The molecule has 130 valence electrons. The van der Waals surface area contributed by atoms with Crippen LogP contribution in [0.5, 0.6) is 0 Å². The van der Waals surface area contributed by atoms with Crippen LogP contribution in [0, 0.1) is 18.8 Å². The van der Waals surface area contributed by atoms with Crippen LogP contribution in [0.2, 0.25) is 0 Å². The Balaban J connectivity index is 2.15. The molecule has 0 saturated heterocycles. The van der Waals surface area contributed by atoms with Gasteiger partial charge in [-0.1, -0.05) is 25.8 Å². The summed E-state index contributed by atoms with van der Waals surface area (Å²) in [6.07, 6.45) is 3.22. The van der Waals surface area contributed by atoms with Gasteiger partial charge < -0.3 is 15.7 Å². The van der Waals surface area contributed by atoms with Crippen molar-refractivity contribution in [2.45, 2.75) is 46.0 Å². The normalized spacial score (nSPS) is 20.2. The number of hydrogen-bond donors (Lipinski definition) is 3. The van der Waals surface area contributed by atoms with E-state index in [1.165, 1.54) is 0 Å². The Morgan fingerprint density at radius 2 is 1.67 bits per heavy atom. The molecule has 0 aliphatic heterocycles. The molecule has 1 aromatic carbocycles. The molecule has 2 rings (SSSR count). The largest absolute Gasteiger partial charge is 0.481 e. The molecule has 1 aliphatic carbocycles. The van der Waals surface area contributed by atoms with Gasteiger partial charge in [-0.25, -0.2) is 0 Å². The lowest BCUT2D eigenvalue weighted by molar-refractivity contribution is -0.147. The highest BCUT2D eigenvalue weighted by molar-refractivity contribution is 5.98. The number of benzene rings is 1. The average Bonchev–Trinajstić information content (AvgIpc) is 2.58. The van der Waals surface area contributed by atoms with Gasteiger partial charge in [0.05, 0.1) is 11.8 Å². The topological polar surface area (TPSA) is 95.5 Å². The van der Waals surface area contributed by atoms with Crippen LogP contribution >= 0.6 is 0 Å². The molecule has 2 amide bonds. The summed E-state index contributed by atoms with van der Waals surface area (Å²) in [5, 5.41) is 15.0. The summed E-state index contributed by atoms with van der Waals surface area (Å²) in [4.78, 5) is 35.5. The molecule has 0 bridgehead atoms. The number of carboxylic acid groups (broad SMARTS) is 1. The molecule has 6 heteroatoms. The number of nitrogens with one attached hydrogen (secondary N) is 2. The minimum atomic E-state index is -0.907. The zero-order valence-corrected chi connectivity index (χ0v) is 14.1. The van der Waals surface area contributed by atoms with E-state index < -0.39 is 17.8 Å². The number of carbonyl (C=O) groups is 3. The van der Waals surface area contributed by atoms with Crippen LogP contribution in [0.3, 0.4) is 0 Å². The highest BCUT2D eigenvalue weighted by Crippen LogP contribution is 2.32. The summed E-state index contributed by atoms with van der Waals surface area (Å²) >= 11 is 0. The molecular formula is C18H24N2O4. The second-order valence-electron chi connectivity index (χ2n) is 6.20. The fourth-order valence-electron chi connectivity index (χ4n) is 3.11. The van der Waals surface area contributed by atoms with Gasteiger partial charge in [-0.3, -0.25) is 14.4 Å². The zero-order valence-electron chi connectivity index (χ0n) is 14.1. The lowest BCUT2D eigenvalue weighted by Crippen LogP contribution is -2.36. The predicted octanol–water partition coefficient (Wildman–Crippen LogP) is 3.17. The lowest BCUT2D eigenvalue weighted by atomic mass is 9.78. The van der Waals surface area contributed by atoms with Gasteiger partial charge in [0, 0.05) is 17.8 Å². The van der Waals surface area contributed by atoms with Crippen molar-refractivity contribution < 1.29 is 19.5 Å². The van der Waals surface area contributed by atoms with Gasteiger partial charge in [0.2, 0.25) is 11.8 Å². The van der Waals surface area contributed by atoms with E-state index in [0.29, 0.717) is 30.6 Å². The molecule has 1 fully saturated rings. The summed E-state index contributed by atoms with van der Waals surface area (Å²) in [6, 6.07) is 5.29. The second kappa shape index (κ2) is 7.95. The quantitative estimate of drug-likeness (QED) is 0.771. The minimum Gasteiger partial charge on any atom is -0.481 e. The van der Waals surface area contributed by atoms with E-state index in [1.807, 2.05) is 6.92 Å². The number of rotatable bonds is 5. The maximum absolute atomic E-state index is 12.6. The van der Waals surface area contributed by atoms with Crippen molar-refractivity contribution in [3.8, 4) is 0 Å². The van der Waals surface area contributed by atoms with Crippen molar-refractivity contribution >= 4 is 29.2 Å². The van der Waals surface area contributed by atoms with Crippen molar-refractivity contribution in [2.75, 3.05) is 10.6 Å². The van der Waals surface area contributed by atoms with Crippen LogP contribution in [0.15, 0.2) is 18.2 Å². The predicted molar refractivity (Wildman–Crippen MR) is 91.8 cm³/mol. The highest BCUT2D eigenvalue weighted by atomic mass is 16.4. The summed E-state index contributed by atoms with van der Waals surface area (Å²) < 4.78 is 0. The Bertz CT molecular complexity index is 642. The van der Waals surface area contributed by atoms with E-state index in [1.54, 1.807) is 25.1 Å². The van der Waals surface area contributed by atoms with Crippen LogP contribution in [0.25, 0.3) is 0 Å². The van der Waals surface area contributed by atoms with E-state index in [-0.39, 0.29) is 11.8 Å². The van der Waals surface area contributed by atoms with Crippen molar-refractivity contribution in [3.05, 3.63) is 23.8 Å². The first-order valence-corrected chi connectivity index (χ1v) is 8.37. The summed E-state index contributed by atoms with van der Waals surface area (Å²) in [5.41, 5.74) is 2.01. The standard InChI is InChI=1S/C18H24N2O4/c1-3-16(21)19-14-9-6-10-15(11(14)2)20-17(22)12-7-4-5-8-13(12)18(23)24/h6,9-10,12-13H,3-5,7-8H2,1-2H3,(H,19,21)(H,20,22)(H,23,24)/t12-,13+/m1/s1. The average molecular weight is 332 g/mol. The fraction of sp³-hybridized carbons (Fsp3) is 0.500. The Morgan fingerprint density at radius 1 is 1.08 bits per heavy atom. The number of amides is 2. The smallest absolute Gasteiger partial charge is 0.307 e. The highest BCUT2D eigenvalue weighted by Gasteiger charge is 2.35. The van der Waals surface area contributed by atoms with Gasteiger partial charge in [-0.15, -0.1) is 0 Å². The number of carbonyl (C=O) groups excluding carboxylic acids is 2. The molecule has 1 aromatic rings. The first-order valence-electron chi connectivity index (χ1n) is 8.37. The van der Waals surface area contributed by atoms with Gasteiger partial charge >= 0.3 is 5.97 Å². The van der Waals surface area contributed by atoms with Crippen LogP contribution in [-0.2, 0) is 14.4 Å². The van der Waals surface area contributed by atoms with Crippen LogP contribution in [0.1, 0.15) is 44.6 Å². The molecule has 6 nitrogen and oxygen atoms in total. The molecule has 2 atom stereocenters. The molecule has 0 spiro atoms. The summed E-state index contributed by atoms with van der Waals surface area (Å²) in [7, 11) is 0. The monoisotopic (exact) mass is 332 g/mol. The van der Waals surface area contributed by atoms with Crippen molar-refractivity contribution in [3.63, 3.8) is 0 Å². The van der Waals surface area contributed by atoms with Crippen LogP contribution in [0.4, 0.5) is 11.4 Å². The summed E-state index contributed by atoms with van der Waals surface area (Å²) in [6.45, 7) is 3.59.